The molecule has 0 aliphatic heterocycles. The fraction of sp³-hybridized carbons (Fsp3) is 0.200. The molecule has 0 atom stereocenters. The topological polar surface area (TPSA) is 119 Å². The van der Waals surface area contributed by atoms with E-state index < -0.39 is 30.1 Å². The average molecular weight is 530 g/mol. The molecule has 0 unspecified atom stereocenters. The molecule has 0 bridgehead atoms. The number of carboxylic acids is 1. The van der Waals surface area contributed by atoms with Gasteiger partial charge in [0.1, 0.15) is 31.2 Å². The molecular weight excluding hydrogens is 508 g/mol. The molecular formula is C25H21F2N3O6S. The molecule has 9 nitrogen and oxygen atoms in total. The molecule has 0 aliphatic rings. The van der Waals surface area contributed by atoms with Gasteiger partial charge in [-0.25, -0.2) is 8.78 Å². The first kappa shape index (κ1) is 25.9. The van der Waals surface area contributed by atoms with Crippen LogP contribution >= 0.6 is 11.8 Å². The zero-order valence-corrected chi connectivity index (χ0v) is 20.6. The van der Waals surface area contributed by atoms with Crippen molar-refractivity contribution in [2.45, 2.75) is 25.0 Å². The first-order valence-electron chi connectivity index (χ1n) is 10.9. The number of thioether (sulfide) groups is 1. The van der Waals surface area contributed by atoms with Crippen molar-refractivity contribution in [2.75, 3.05) is 12.8 Å². The van der Waals surface area contributed by atoms with Gasteiger partial charge < -0.3 is 23.6 Å². The number of ether oxygens (including phenoxy) is 1. The van der Waals surface area contributed by atoms with E-state index >= 15 is 0 Å². The van der Waals surface area contributed by atoms with Gasteiger partial charge in [-0.05, 0) is 53.8 Å². The second-order valence-corrected chi connectivity index (χ2v) is 8.66. The van der Waals surface area contributed by atoms with Crippen molar-refractivity contribution in [2.24, 2.45) is 0 Å². The predicted octanol–water partition coefficient (Wildman–Crippen LogP) is 4.94. The summed E-state index contributed by atoms with van der Waals surface area (Å²) in [5.74, 6) is -2.57. The highest BCUT2D eigenvalue weighted by atomic mass is 32.2. The summed E-state index contributed by atoms with van der Waals surface area (Å²) >= 11 is 1.31. The Hall–Kier alpha value is -4.19. The normalized spacial score (nSPS) is 10.9. The van der Waals surface area contributed by atoms with Crippen LogP contribution in [0.4, 0.5) is 8.78 Å². The summed E-state index contributed by atoms with van der Waals surface area (Å²) in [5.41, 5.74) is 1.25. The molecule has 4 rings (SSSR count). The van der Waals surface area contributed by atoms with Crippen LogP contribution in [-0.4, -0.2) is 44.9 Å². The molecule has 0 saturated carbocycles. The van der Waals surface area contributed by atoms with E-state index in [0.29, 0.717) is 27.5 Å². The zero-order chi connectivity index (χ0) is 26.5. The number of rotatable bonds is 10. The van der Waals surface area contributed by atoms with Crippen LogP contribution in [0, 0.1) is 18.6 Å². The number of nitrogens with zero attached hydrogens (tertiary/aromatic N) is 3. The molecule has 0 radical (unpaired) electrons. The molecule has 1 N–H and O–H groups in total. The summed E-state index contributed by atoms with van der Waals surface area (Å²) in [6, 6.07) is 12.1. The smallest absolute Gasteiger partial charge is 0.323 e. The lowest BCUT2D eigenvalue weighted by Crippen LogP contribution is -2.35. The van der Waals surface area contributed by atoms with Crippen molar-refractivity contribution in [3.63, 3.8) is 0 Å². The molecule has 0 saturated heterocycles. The maximum atomic E-state index is 13.8. The number of halogens is 2. The summed E-state index contributed by atoms with van der Waals surface area (Å²) < 4.78 is 43.8. The van der Waals surface area contributed by atoms with Gasteiger partial charge in [0.15, 0.2) is 17.4 Å². The van der Waals surface area contributed by atoms with Gasteiger partial charge in [-0.1, -0.05) is 12.1 Å². The van der Waals surface area contributed by atoms with Crippen LogP contribution in [0.15, 0.2) is 62.3 Å². The predicted molar refractivity (Wildman–Crippen MR) is 128 cm³/mol. The zero-order valence-electron chi connectivity index (χ0n) is 19.7. The van der Waals surface area contributed by atoms with Crippen LogP contribution in [0.3, 0.4) is 0 Å². The Balaban J connectivity index is 1.41. The number of hydrogen-bond donors (Lipinski definition) is 1. The molecule has 0 aliphatic carbocycles. The summed E-state index contributed by atoms with van der Waals surface area (Å²) in [4.78, 5) is 25.7. The van der Waals surface area contributed by atoms with E-state index in [4.69, 9.17) is 13.6 Å². The molecule has 2 aromatic carbocycles. The quantitative estimate of drug-likeness (QED) is 0.285. The number of hydrogen-bond acceptors (Lipinski definition) is 8. The molecule has 0 spiro atoms. The number of aromatic nitrogens is 2. The number of benzene rings is 2. The Labute approximate surface area is 214 Å². The highest BCUT2D eigenvalue weighted by Gasteiger charge is 2.24. The van der Waals surface area contributed by atoms with E-state index in [1.165, 1.54) is 17.8 Å². The fourth-order valence-corrected chi connectivity index (χ4v) is 4.08. The summed E-state index contributed by atoms with van der Waals surface area (Å²) in [6.07, 6.45) is 1.78. The molecule has 4 aromatic rings. The van der Waals surface area contributed by atoms with Crippen LogP contribution in [0.25, 0.3) is 11.1 Å². The Morgan fingerprint density at radius 1 is 1.05 bits per heavy atom. The molecule has 192 valence electrons. The van der Waals surface area contributed by atoms with Crippen LogP contribution in [0.5, 0.6) is 5.75 Å². The van der Waals surface area contributed by atoms with Crippen LogP contribution in [0.2, 0.25) is 0 Å². The third-order valence-corrected chi connectivity index (χ3v) is 5.95. The average Bonchev–Trinajstić information content (AvgIpc) is 3.52. The Morgan fingerprint density at radius 3 is 2.43 bits per heavy atom. The summed E-state index contributed by atoms with van der Waals surface area (Å²) in [7, 11) is 0. The third kappa shape index (κ3) is 6.33. The molecule has 0 fully saturated rings. The maximum absolute atomic E-state index is 13.8. The lowest BCUT2D eigenvalue weighted by molar-refractivity contribution is -0.137. The Kier molecular flexibility index (Phi) is 7.87. The number of amides is 1. The van der Waals surface area contributed by atoms with Gasteiger partial charge >= 0.3 is 5.97 Å². The number of furan rings is 1. The van der Waals surface area contributed by atoms with E-state index in [-0.39, 0.29) is 30.7 Å². The van der Waals surface area contributed by atoms with E-state index in [1.807, 2.05) is 0 Å². The van der Waals surface area contributed by atoms with E-state index in [1.54, 1.807) is 43.5 Å². The van der Waals surface area contributed by atoms with Crippen molar-refractivity contribution in [1.82, 2.24) is 15.1 Å². The van der Waals surface area contributed by atoms with Crippen molar-refractivity contribution >= 4 is 23.6 Å². The minimum absolute atomic E-state index is 0.00432. The van der Waals surface area contributed by atoms with E-state index in [2.05, 4.69) is 10.2 Å². The molecule has 2 heterocycles. The Bertz CT molecular complexity index is 1420. The molecule has 12 heteroatoms. The van der Waals surface area contributed by atoms with Crippen molar-refractivity contribution in [3.8, 4) is 16.9 Å². The summed E-state index contributed by atoms with van der Waals surface area (Å²) in [5, 5.41) is 16.6. The number of carboxylic acid groups (broad SMARTS) is 1. The lowest BCUT2D eigenvalue weighted by Gasteiger charge is -2.17. The second-order valence-electron chi connectivity index (χ2n) is 7.82. The number of aryl methyl sites for hydroxylation is 1. The van der Waals surface area contributed by atoms with Gasteiger partial charge in [0.2, 0.25) is 11.8 Å². The maximum Gasteiger partial charge on any atom is 0.323 e. The molecule has 1 amide bonds. The van der Waals surface area contributed by atoms with E-state index in [0.717, 1.165) is 17.0 Å². The number of carbonyl (C=O) groups excluding carboxylic acids is 1. The van der Waals surface area contributed by atoms with Gasteiger partial charge in [-0.15, -0.1) is 22.0 Å². The Morgan fingerprint density at radius 2 is 1.78 bits per heavy atom. The molecule has 2 aromatic heterocycles. The van der Waals surface area contributed by atoms with Gasteiger partial charge in [-0.2, -0.15) is 0 Å². The highest BCUT2D eigenvalue weighted by Crippen LogP contribution is 2.33. The van der Waals surface area contributed by atoms with Gasteiger partial charge in [-0.3, -0.25) is 9.59 Å². The fourth-order valence-electron chi connectivity index (χ4n) is 3.46. The minimum Gasteiger partial charge on any atom is -0.486 e. The van der Waals surface area contributed by atoms with Gasteiger partial charge in [0, 0.05) is 11.8 Å². The third-order valence-electron chi connectivity index (χ3n) is 5.17. The first-order chi connectivity index (χ1) is 17.7. The van der Waals surface area contributed by atoms with Crippen LogP contribution in [0.1, 0.15) is 28.1 Å². The van der Waals surface area contributed by atoms with Crippen molar-refractivity contribution < 1.29 is 37.0 Å². The van der Waals surface area contributed by atoms with Gasteiger partial charge in [0.05, 0.1) is 0 Å². The first-order valence-corrected chi connectivity index (χ1v) is 12.1. The monoisotopic (exact) mass is 529 g/mol. The van der Waals surface area contributed by atoms with Crippen LogP contribution < -0.4 is 4.74 Å². The van der Waals surface area contributed by atoms with Gasteiger partial charge in [0.25, 0.3) is 5.91 Å². The van der Waals surface area contributed by atoms with Crippen molar-refractivity contribution in [1.29, 1.82) is 0 Å². The summed E-state index contributed by atoms with van der Waals surface area (Å²) in [6.45, 7) is 0.794. The second kappa shape index (κ2) is 11.2. The minimum atomic E-state index is -1.21. The lowest BCUT2D eigenvalue weighted by atomic mass is 10.1. The number of carbonyl (C=O) groups is 2. The standard InChI is InChI=1S/C25H21F2N3O6S/c1-14-28-29-23(35-14)11-30(12-24(31)32)25(33)21-8-7-17(36-21)13-34-16-5-3-15(4-6-16)18-9-19(26)20(27)10-22(18)37-2/h3-10H,11-13H2,1-2H3,(H,31,32). The SMILES string of the molecule is CSc1cc(F)c(F)cc1-c1ccc(OCc2ccc(C(=O)N(CC(=O)O)Cc3nnc(C)o3)o2)cc1. The number of aliphatic carboxylic acids is 1. The van der Waals surface area contributed by atoms with Crippen molar-refractivity contribution in [3.05, 3.63) is 83.5 Å². The highest BCUT2D eigenvalue weighted by molar-refractivity contribution is 7.98. The van der Waals surface area contributed by atoms with Crippen LogP contribution in [-0.2, 0) is 17.9 Å². The largest absolute Gasteiger partial charge is 0.486 e. The molecule has 37 heavy (non-hydrogen) atoms. The van der Waals surface area contributed by atoms with E-state index in [9.17, 15) is 23.5 Å².